The van der Waals surface area contributed by atoms with Crippen molar-refractivity contribution in [3.8, 4) is 0 Å². The minimum atomic E-state index is 0.710. The van der Waals surface area contributed by atoms with Gasteiger partial charge in [0.05, 0.1) is 6.20 Å². The number of aryl methyl sites for hydroxylation is 3. The first kappa shape index (κ1) is 10.1. The van der Waals surface area contributed by atoms with Crippen LogP contribution in [-0.2, 0) is 6.42 Å². The number of hydrogen-bond donors (Lipinski definition) is 1. The van der Waals surface area contributed by atoms with Crippen LogP contribution in [0.25, 0.3) is 5.65 Å². The van der Waals surface area contributed by atoms with Crippen LogP contribution in [-0.4, -0.2) is 21.1 Å². The smallest absolute Gasteiger partial charge is 0.158 e. The van der Waals surface area contributed by atoms with Gasteiger partial charge in [0.2, 0.25) is 0 Å². The van der Waals surface area contributed by atoms with Crippen LogP contribution in [0.5, 0.6) is 0 Å². The van der Waals surface area contributed by atoms with E-state index < -0.39 is 0 Å². The van der Waals surface area contributed by atoms with E-state index in [-0.39, 0.29) is 0 Å². The summed E-state index contributed by atoms with van der Waals surface area (Å²) >= 11 is 0. The molecule has 0 spiro atoms. The maximum absolute atomic E-state index is 5.50. The molecule has 0 bridgehead atoms. The third-order valence-corrected chi connectivity index (χ3v) is 2.65. The fourth-order valence-electron chi connectivity index (χ4n) is 1.60. The average molecular weight is 204 g/mol. The molecule has 0 saturated carbocycles. The van der Waals surface area contributed by atoms with Gasteiger partial charge < -0.3 is 5.73 Å². The van der Waals surface area contributed by atoms with Gasteiger partial charge in [-0.1, -0.05) is 0 Å². The molecule has 0 aromatic carbocycles. The molecule has 15 heavy (non-hydrogen) atoms. The monoisotopic (exact) mass is 204 g/mol. The van der Waals surface area contributed by atoms with Gasteiger partial charge in [-0.15, -0.1) is 0 Å². The Labute approximate surface area is 89.1 Å². The number of rotatable bonds is 3. The Morgan fingerprint density at radius 3 is 2.93 bits per heavy atom. The summed E-state index contributed by atoms with van der Waals surface area (Å²) in [5.41, 5.74) is 9.87. The van der Waals surface area contributed by atoms with Gasteiger partial charge in [0.25, 0.3) is 0 Å². The first-order valence-electron chi connectivity index (χ1n) is 5.23. The Morgan fingerprint density at radius 1 is 1.40 bits per heavy atom. The summed E-state index contributed by atoms with van der Waals surface area (Å²) in [7, 11) is 0. The van der Waals surface area contributed by atoms with E-state index in [2.05, 4.69) is 10.1 Å². The quantitative estimate of drug-likeness (QED) is 0.818. The van der Waals surface area contributed by atoms with Crippen LogP contribution in [0.2, 0.25) is 0 Å². The minimum absolute atomic E-state index is 0.710. The highest BCUT2D eigenvalue weighted by atomic mass is 15.2. The normalized spacial score (nSPS) is 11.1. The third kappa shape index (κ3) is 1.85. The molecule has 2 aromatic heterocycles. The zero-order chi connectivity index (χ0) is 10.8. The van der Waals surface area contributed by atoms with Crippen molar-refractivity contribution < 1.29 is 0 Å². The van der Waals surface area contributed by atoms with Gasteiger partial charge in [-0.05, 0) is 38.8 Å². The van der Waals surface area contributed by atoms with Crippen LogP contribution >= 0.6 is 0 Å². The van der Waals surface area contributed by atoms with Gasteiger partial charge in [-0.3, -0.25) is 0 Å². The fraction of sp³-hybridized carbons (Fsp3) is 0.455. The van der Waals surface area contributed by atoms with Gasteiger partial charge in [-0.2, -0.15) is 5.10 Å². The van der Waals surface area contributed by atoms with Gasteiger partial charge in [0.1, 0.15) is 0 Å². The lowest BCUT2D eigenvalue weighted by Crippen LogP contribution is -2.01. The van der Waals surface area contributed by atoms with Gasteiger partial charge in [-0.25, -0.2) is 9.50 Å². The fourth-order valence-corrected chi connectivity index (χ4v) is 1.60. The predicted octanol–water partition coefficient (Wildman–Crippen LogP) is 1.24. The third-order valence-electron chi connectivity index (χ3n) is 2.65. The zero-order valence-corrected chi connectivity index (χ0v) is 9.20. The molecule has 80 valence electrons. The first-order chi connectivity index (χ1) is 7.22. The summed E-state index contributed by atoms with van der Waals surface area (Å²) in [6.07, 6.45) is 5.84. The van der Waals surface area contributed by atoms with Gasteiger partial charge in [0, 0.05) is 17.5 Å². The molecule has 0 amide bonds. The highest BCUT2D eigenvalue weighted by Crippen LogP contribution is 2.12. The van der Waals surface area contributed by atoms with Gasteiger partial charge in [0.15, 0.2) is 5.65 Å². The summed E-state index contributed by atoms with van der Waals surface area (Å²) in [6, 6.07) is 0. The molecule has 0 unspecified atom stereocenters. The van der Waals surface area contributed by atoms with Crippen LogP contribution in [0.4, 0.5) is 0 Å². The Morgan fingerprint density at radius 2 is 2.20 bits per heavy atom. The van der Waals surface area contributed by atoms with E-state index >= 15 is 0 Å². The Balaban J connectivity index is 2.45. The molecule has 4 heteroatoms. The van der Waals surface area contributed by atoms with E-state index in [1.165, 1.54) is 5.56 Å². The van der Waals surface area contributed by atoms with Crippen molar-refractivity contribution in [1.29, 1.82) is 0 Å². The molecule has 0 fully saturated rings. The first-order valence-corrected chi connectivity index (χ1v) is 5.23. The van der Waals surface area contributed by atoms with Crippen molar-refractivity contribution in [3.05, 3.63) is 29.2 Å². The number of fused-ring (bicyclic) bond motifs is 1. The topological polar surface area (TPSA) is 56.2 Å². The van der Waals surface area contributed by atoms with Crippen molar-refractivity contribution in [2.75, 3.05) is 6.54 Å². The number of nitrogens with zero attached hydrogens (tertiary/aromatic N) is 3. The van der Waals surface area contributed by atoms with Crippen molar-refractivity contribution in [3.63, 3.8) is 0 Å². The molecule has 0 aliphatic heterocycles. The van der Waals surface area contributed by atoms with Crippen molar-refractivity contribution in [1.82, 2.24) is 14.6 Å². The van der Waals surface area contributed by atoms with Crippen LogP contribution in [0.15, 0.2) is 12.4 Å². The molecule has 0 saturated heterocycles. The predicted molar refractivity (Wildman–Crippen MR) is 59.8 cm³/mol. The van der Waals surface area contributed by atoms with Gasteiger partial charge >= 0.3 is 0 Å². The second kappa shape index (κ2) is 3.98. The van der Waals surface area contributed by atoms with Crippen LogP contribution in [0.1, 0.15) is 23.2 Å². The van der Waals surface area contributed by atoms with Crippen molar-refractivity contribution >= 4 is 5.65 Å². The number of aromatic nitrogens is 3. The lowest BCUT2D eigenvalue weighted by molar-refractivity contribution is 0.834. The Bertz CT molecular complexity index is 473. The summed E-state index contributed by atoms with van der Waals surface area (Å²) in [5, 5.41) is 4.29. The molecule has 0 aliphatic carbocycles. The molecule has 0 atom stereocenters. The molecule has 0 aliphatic rings. The summed E-state index contributed by atoms with van der Waals surface area (Å²) in [5.74, 6) is 0. The molecule has 2 N–H and O–H groups in total. The SMILES string of the molecule is Cc1cn2ncc(CCCN)c2nc1C. The molecule has 0 radical (unpaired) electrons. The average Bonchev–Trinajstić information content (AvgIpc) is 2.59. The molecular formula is C11H16N4. The number of hydrogen-bond acceptors (Lipinski definition) is 3. The van der Waals surface area contributed by atoms with Crippen LogP contribution < -0.4 is 5.73 Å². The number of nitrogens with two attached hydrogens (primary N) is 1. The van der Waals surface area contributed by atoms with Crippen molar-refractivity contribution in [2.24, 2.45) is 5.73 Å². The molecule has 2 heterocycles. The molecule has 4 nitrogen and oxygen atoms in total. The van der Waals surface area contributed by atoms with E-state index in [1.807, 2.05) is 30.8 Å². The largest absolute Gasteiger partial charge is 0.330 e. The zero-order valence-electron chi connectivity index (χ0n) is 9.20. The maximum Gasteiger partial charge on any atom is 0.158 e. The standard InChI is InChI=1S/C11H16N4/c1-8-7-15-11(14-9(8)2)10(6-13-15)4-3-5-12/h6-7H,3-5,12H2,1-2H3. The Hall–Kier alpha value is -1.42. The van der Waals surface area contributed by atoms with E-state index in [4.69, 9.17) is 5.73 Å². The second-order valence-corrected chi connectivity index (χ2v) is 3.84. The summed E-state index contributed by atoms with van der Waals surface area (Å²) < 4.78 is 1.84. The van der Waals surface area contributed by atoms with E-state index in [0.717, 1.165) is 29.7 Å². The van der Waals surface area contributed by atoms with Crippen LogP contribution in [0.3, 0.4) is 0 Å². The second-order valence-electron chi connectivity index (χ2n) is 3.84. The molecule has 2 aromatic rings. The van der Waals surface area contributed by atoms with E-state index in [1.54, 1.807) is 0 Å². The van der Waals surface area contributed by atoms with E-state index in [9.17, 15) is 0 Å². The lowest BCUT2D eigenvalue weighted by Gasteiger charge is -2.01. The lowest BCUT2D eigenvalue weighted by atomic mass is 10.2. The minimum Gasteiger partial charge on any atom is -0.330 e. The highest BCUT2D eigenvalue weighted by Gasteiger charge is 2.06. The molecule has 2 rings (SSSR count). The summed E-state index contributed by atoms with van der Waals surface area (Å²) in [6.45, 7) is 4.78. The Kier molecular flexibility index (Phi) is 2.68. The maximum atomic E-state index is 5.50. The van der Waals surface area contributed by atoms with Crippen LogP contribution in [0, 0.1) is 13.8 Å². The summed E-state index contributed by atoms with van der Waals surface area (Å²) in [4.78, 5) is 4.55. The molecular weight excluding hydrogens is 188 g/mol. The van der Waals surface area contributed by atoms with Crippen molar-refractivity contribution in [2.45, 2.75) is 26.7 Å². The van der Waals surface area contributed by atoms with E-state index in [0.29, 0.717) is 6.54 Å². The highest BCUT2D eigenvalue weighted by molar-refractivity contribution is 5.47.